The Balaban J connectivity index is 2.34. The highest BCUT2D eigenvalue weighted by atomic mass is 35.5. The first-order valence-corrected chi connectivity index (χ1v) is 7.44. The average molecular weight is 329 g/mol. The summed E-state index contributed by atoms with van der Waals surface area (Å²) < 4.78 is 6.28. The molecule has 0 amide bonds. The van der Waals surface area contributed by atoms with E-state index < -0.39 is 5.97 Å². The zero-order chi connectivity index (χ0) is 16.4. The molecule has 0 aliphatic rings. The lowest BCUT2D eigenvalue weighted by molar-refractivity contribution is 0.0508. The van der Waals surface area contributed by atoms with Crippen LogP contribution in [0, 0.1) is 0 Å². The van der Waals surface area contributed by atoms with E-state index in [1.54, 1.807) is 55.5 Å². The SMILES string of the molecule is CCOC(=O)c1nc2ccccc2c(=O)n1-c1ccc(Cl)cc1. The van der Waals surface area contributed by atoms with Gasteiger partial charge in [-0.25, -0.2) is 9.78 Å². The van der Waals surface area contributed by atoms with Gasteiger partial charge in [0, 0.05) is 5.02 Å². The summed E-state index contributed by atoms with van der Waals surface area (Å²) >= 11 is 5.89. The summed E-state index contributed by atoms with van der Waals surface area (Å²) in [7, 11) is 0. The third-order valence-corrected chi connectivity index (χ3v) is 3.57. The van der Waals surface area contributed by atoms with E-state index >= 15 is 0 Å². The standard InChI is InChI=1S/C17H13ClN2O3/c1-2-23-17(22)15-19-14-6-4-3-5-13(14)16(21)20(15)12-9-7-11(18)8-10-12/h3-10H,2H2,1H3. The number of nitrogens with zero attached hydrogens (tertiary/aromatic N) is 2. The lowest BCUT2D eigenvalue weighted by atomic mass is 10.2. The van der Waals surface area contributed by atoms with E-state index in [-0.39, 0.29) is 18.0 Å². The molecule has 0 N–H and O–H groups in total. The molecule has 23 heavy (non-hydrogen) atoms. The summed E-state index contributed by atoms with van der Waals surface area (Å²) in [4.78, 5) is 29.4. The van der Waals surface area contributed by atoms with Crippen molar-refractivity contribution in [3.8, 4) is 5.69 Å². The maximum absolute atomic E-state index is 12.8. The van der Waals surface area contributed by atoms with Crippen LogP contribution in [-0.4, -0.2) is 22.1 Å². The van der Waals surface area contributed by atoms with Gasteiger partial charge in [0.1, 0.15) is 0 Å². The van der Waals surface area contributed by atoms with Crippen LogP contribution < -0.4 is 5.56 Å². The van der Waals surface area contributed by atoms with Gasteiger partial charge in [-0.15, -0.1) is 0 Å². The molecule has 0 unspecified atom stereocenters. The zero-order valence-corrected chi connectivity index (χ0v) is 13.1. The van der Waals surface area contributed by atoms with E-state index in [1.165, 1.54) is 4.57 Å². The predicted molar refractivity (Wildman–Crippen MR) is 88.3 cm³/mol. The zero-order valence-electron chi connectivity index (χ0n) is 12.3. The number of rotatable bonds is 3. The van der Waals surface area contributed by atoms with Gasteiger partial charge in [0.05, 0.1) is 23.2 Å². The molecule has 1 heterocycles. The number of para-hydroxylation sites is 1. The van der Waals surface area contributed by atoms with Crippen LogP contribution in [0.3, 0.4) is 0 Å². The molecule has 0 saturated carbocycles. The Morgan fingerprint density at radius 2 is 1.87 bits per heavy atom. The largest absolute Gasteiger partial charge is 0.460 e. The average Bonchev–Trinajstić information content (AvgIpc) is 2.56. The van der Waals surface area contributed by atoms with Crippen molar-refractivity contribution in [3.63, 3.8) is 0 Å². The highest BCUT2D eigenvalue weighted by molar-refractivity contribution is 6.30. The van der Waals surface area contributed by atoms with Crippen molar-refractivity contribution < 1.29 is 9.53 Å². The van der Waals surface area contributed by atoms with Gasteiger partial charge in [-0.05, 0) is 43.3 Å². The number of fused-ring (bicyclic) bond motifs is 1. The Hall–Kier alpha value is -2.66. The van der Waals surface area contributed by atoms with Crippen molar-refractivity contribution >= 4 is 28.5 Å². The van der Waals surface area contributed by atoms with Crippen molar-refractivity contribution in [1.29, 1.82) is 0 Å². The smallest absolute Gasteiger partial charge is 0.375 e. The molecular weight excluding hydrogens is 316 g/mol. The molecule has 0 aliphatic carbocycles. The van der Waals surface area contributed by atoms with Crippen LogP contribution in [0.5, 0.6) is 0 Å². The van der Waals surface area contributed by atoms with E-state index in [0.29, 0.717) is 21.6 Å². The molecule has 2 aromatic carbocycles. The first-order chi connectivity index (χ1) is 11.1. The number of carbonyl (C=O) groups is 1. The Bertz CT molecular complexity index is 933. The number of esters is 1. The van der Waals surface area contributed by atoms with Crippen LogP contribution in [0.15, 0.2) is 53.3 Å². The molecule has 116 valence electrons. The molecule has 0 saturated heterocycles. The number of hydrogen-bond acceptors (Lipinski definition) is 4. The second-order valence-corrected chi connectivity index (χ2v) is 5.23. The molecule has 0 fully saturated rings. The van der Waals surface area contributed by atoms with Gasteiger partial charge in [-0.2, -0.15) is 0 Å². The second-order valence-electron chi connectivity index (χ2n) is 4.79. The fourth-order valence-corrected chi connectivity index (χ4v) is 2.42. The Kier molecular flexibility index (Phi) is 4.12. The maximum atomic E-state index is 12.8. The Morgan fingerprint density at radius 3 is 2.57 bits per heavy atom. The van der Waals surface area contributed by atoms with Gasteiger partial charge >= 0.3 is 5.97 Å². The Labute approximate surface area is 137 Å². The fraction of sp³-hybridized carbons (Fsp3) is 0.118. The van der Waals surface area contributed by atoms with Crippen molar-refractivity contribution in [3.05, 3.63) is 69.7 Å². The van der Waals surface area contributed by atoms with Crippen molar-refractivity contribution in [2.75, 3.05) is 6.61 Å². The van der Waals surface area contributed by atoms with Gasteiger partial charge in [0.2, 0.25) is 5.82 Å². The molecule has 0 radical (unpaired) electrons. The molecular formula is C17H13ClN2O3. The number of halogens is 1. The summed E-state index contributed by atoms with van der Waals surface area (Å²) in [6.07, 6.45) is 0. The van der Waals surface area contributed by atoms with E-state index in [4.69, 9.17) is 16.3 Å². The summed E-state index contributed by atoms with van der Waals surface area (Å²) in [6.45, 7) is 1.89. The monoisotopic (exact) mass is 328 g/mol. The molecule has 0 atom stereocenters. The molecule has 6 heteroatoms. The van der Waals surface area contributed by atoms with E-state index in [2.05, 4.69) is 4.98 Å². The summed E-state index contributed by atoms with van der Waals surface area (Å²) in [6, 6.07) is 13.5. The van der Waals surface area contributed by atoms with E-state index in [9.17, 15) is 9.59 Å². The van der Waals surface area contributed by atoms with Crippen molar-refractivity contribution in [2.45, 2.75) is 6.92 Å². The van der Waals surface area contributed by atoms with Crippen LogP contribution in [0.2, 0.25) is 5.02 Å². The van der Waals surface area contributed by atoms with Crippen molar-refractivity contribution in [2.24, 2.45) is 0 Å². The number of aromatic nitrogens is 2. The highest BCUT2D eigenvalue weighted by Crippen LogP contribution is 2.16. The van der Waals surface area contributed by atoms with Crippen LogP contribution in [0.4, 0.5) is 0 Å². The first kappa shape index (κ1) is 15.2. The third kappa shape index (κ3) is 2.83. The number of carbonyl (C=O) groups excluding carboxylic acids is 1. The normalized spacial score (nSPS) is 10.7. The summed E-state index contributed by atoms with van der Waals surface area (Å²) in [5.74, 6) is -0.705. The van der Waals surface area contributed by atoms with Crippen LogP contribution in [0.25, 0.3) is 16.6 Å². The van der Waals surface area contributed by atoms with E-state index in [1.807, 2.05) is 0 Å². The molecule has 0 spiro atoms. The fourth-order valence-electron chi connectivity index (χ4n) is 2.29. The van der Waals surface area contributed by atoms with E-state index in [0.717, 1.165) is 0 Å². The van der Waals surface area contributed by atoms with Gasteiger partial charge in [0.25, 0.3) is 5.56 Å². The molecule has 3 rings (SSSR count). The first-order valence-electron chi connectivity index (χ1n) is 7.06. The third-order valence-electron chi connectivity index (χ3n) is 3.32. The lowest BCUT2D eigenvalue weighted by Gasteiger charge is -2.12. The minimum absolute atomic E-state index is 0.0575. The summed E-state index contributed by atoms with van der Waals surface area (Å²) in [5, 5.41) is 0.962. The molecule has 0 bridgehead atoms. The highest BCUT2D eigenvalue weighted by Gasteiger charge is 2.19. The van der Waals surface area contributed by atoms with Gasteiger partial charge in [0.15, 0.2) is 0 Å². The molecule has 5 nitrogen and oxygen atoms in total. The number of ether oxygens (including phenoxy) is 1. The minimum atomic E-state index is -0.648. The van der Waals surface area contributed by atoms with Gasteiger partial charge < -0.3 is 4.74 Å². The minimum Gasteiger partial charge on any atom is -0.460 e. The van der Waals surface area contributed by atoms with Gasteiger partial charge in [-0.3, -0.25) is 9.36 Å². The molecule has 3 aromatic rings. The number of hydrogen-bond donors (Lipinski definition) is 0. The number of benzene rings is 2. The second kappa shape index (κ2) is 6.22. The van der Waals surface area contributed by atoms with Crippen molar-refractivity contribution in [1.82, 2.24) is 9.55 Å². The van der Waals surface area contributed by atoms with Crippen LogP contribution in [0.1, 0.15) is 17.5 Å². The quantitative estimate of drug-likeness (QED) is 0.693. The Morgan fingerprint density at radius 1 is 1.17 bits per heavy atom. The lowest BCUT2D eigenvalue weighted by Crippen LogP contribution is -2.27. The molecule has 0 aliphatic heterocycles. The van der Waals surface area contributed by atoms with Crippen LogP contribution in [-0.2, 0) is 4.74 Å². The van der Waals surface area contributed by atoms with Gasteiger partial charge in [-0.1, -0.05) is 23.7 Å². The predicted octanol–water partition coefficient (Wildman–Crippen LogP) is 3.22. The van der Waals surface area contributed by atoms with Crippen LogP contribution >= 0.6 is 11.6 Å². The maximum Gasteiger partial charge on any atom is 0.375 e. The summed E-state index contributed by atoms with van der Waals surface area (Å²) in [5.41, 5.74) is 0.618. The molecule has 1 aromatic heterocycles. The topological polar surface area (TPSA) is 61.2 Å².